The molecule has 0 atom stereocenters. The molecule has 2 rings (SSSR count). The van der Waals surface area contributed by atoms with E-state index < -0.39 is 11.4 Å². The molecule has 0 saturated carbocycles. The van der Waals surface area contributed by atoms with Gasteiger partial charge in [0.05, 0.1) is 0 Å². The van der Waals surface area contributed by atoms with Crippen LogP contribution in [0, 0.1) is 11.3 Å². The van der Waals surface area contributed by atoms with Crippen LogP contribution in [0.5, 0.6) is 0 Å². The van der Waals surface area contributed by atoms with Crippen LogP contribution in [0.15, 0.2) is 12.2 Å². The van der Waals surface area contributed by atoms with Gasteiger partial charge in [0.1, 0.15) is 0 Å². The van der Waals surface area contributed by atoms with Crippen LogP contribution in [-0.4, -0.2) is 47.9 Å². The van der Waals surface area contributed by atoms with Crippen molar-refractivity contribution >= 4 is 17.8 Å². The molecular weight excluding hydrogens is 260 g/mol. The standard InChI is InChI=1S/C14H20N2O4/c1-15-11(17)10-4-8-16(9-5-10)12(18)14(13(19)20)6-2-3-7-14/h2-3,10H,4-9H2,1H3,(H,15,17)(H,19,20). The van der Waals surface area contributed by atoms with Crippen LogP contribution >= 0.6 is 0 Å². The van der Waals surface area contributed by atoms with E-state index in [0.29, 0.717) is 25.9 Å². The van der Waals surface area contributed by atoms with E-state index in [1.54, 1.807) is 24.1 Å². The highest BCUT2D eigenvalue weighted by molar-refractivity contribution is 6.02. The summed E-state index contributed by atoms with van der Waals surface area (Å²) in [6.45, 7) is 0.901. The van der Waals surface area contributed by atoms with Gasteiger partial charge in [-0.25, -0.2) is 0 Å². The van der Waals surface area contributed by atoms with Gasteiger partial charge in [0.25, 0.3) is 0 Å². The molecule has 0 aromatic heterocycles. The van der Waals surface area contributed by atoms with Crippen LogP contribution in [0.1, 0.15) is 25.7 Å². The lowest BCUT2D eigenvalue weighted by Gasteiger charge is -2.36. The van der Waals surface area contributed by atoms with Gasteiger partial charge >= 0.3 is 5.97 Å². The molecule has 1 heterocycles. The number of allylic oxidation sites excluding steroid dienone is 2. The molecule has 2 amide bonds. The highest BCUT2D eigenvalue weighted by atomic mass is 16.4. The Bertz CT molecular complexity index is 442. The van der Waals surface area contributed by atoms with Crippen molar-refractivity contribution in [2.45, 2.75) is 25.7 Å². The zero-order chi connectivity index (χ0) is 14.8. The SMILES string of the molecule is CNC(=O)C1CCN(C(=O)C2(C(=O)O)CC=CC2)CC1. The molecule has 1 aliphatic heterocycles. The average molecular weight is 280 g/mol. The Morgan fingerprint density at radius 1 is 1.20 bits per heavy atom. The summed E-state index contributed by atoms with van der Waals surface area (Å²) in [6.07, 6.45) is 5.21. The molecule has 6 nitrogen and oxygen atoms in total. The number of piperidine rings is 1. The quantitative estimate of drug-likeness (QED) is 0.578. The highest BCUT2D eigenvalue weighted by Gasteiger charge is 2.49. The van der Waals surface area contributed by atoms with Gasteiger partial charge in [0, 0.05) is 26.1 Å². The van der Waals surface area contributed by atoms with E-state index >= 15 is 0 Å². The molecular formula is C14H20N2O4. The van der Waals surface area contributed by atoms with E-state index in [2.05, 4.69) is 5.32 Å². The molecule has 2 N–H and O–H groups in total. The number of carbonyl (C=O) groups excluding carboxylic acids is 2. The van der Waals surface area contributed by atoms with Crippen LogP contribution in [0.3, 0.4) is 0 Å². The van der Waals surface area contributed by atoms with Crippen molar-refractivity contribution in [3.63, 3.8) is 0 Å². The fraction of sp³-hybridized carbons (Fsp3) is 0.643. The first-order valence-electron chi connectivity index (χ1n) is 6.90. The van der Waals surface area contributed by atoms with Gasteiger partial charge in [-0.3, -0.25) is 14.4 Å². The number of nitrogens with zero attached hydrogens (tertiary/aromatic N) is 1. The first kappa shape index (κ1) is 14.6. The van der Waals surface area contributed by atoms with E-state index in [1.807, 2.05) is 0 Å². The maximum atomic E-state index is 12.5. The molecule has 2 aliphatic rings. The second-order valence-electron chi connectivity index (χ2n) is 5.45. The Morgan fingerprint density at radius 2 is 1.75 bits per heavy atom. The molecule has 0 unspecified atom stereocenters. The molecule has 1 fully saturated rings. The van der Waals surface area contributed by atoms with Crippen molar-refractivity contribution in [3.8, 4) is 0 Å². The minimum atomic E-state index is -1.32. The third-order valence-corrected chi connectivity index (χ3v) is 4.32. The van der Waals surface area contributed by atoms with E-state index in [9.17, 15) is 19.5 Å². The van der Waals surface area contributed by atoms with Gasteiger partial charge in [-0.05, 0) is 25.7 Å². The second kappa shape index (κ2) is 5.64. The maximum absolute atomic E-state index is 12.5. The van der Waals surface area contributed by atoms with Gasteiger partial charge in [-0.2, -0.15) is 0 Å². The number of nitrogens with one attached hydrogen (secondary N) is 1. The second-order valence-corrected chi connectivity index (χ2v) is 5.45. The van der Waals surface area contributed by atoms with E-state index in [1.165, 1.54) is 0 Å². The van der Waals surface area contributed by atoms with Crippen molar-refractivity contribution in [1.82, 2.24) is 10.2 Å². The maximum Gasteiger partial charge on any atom is 0.319 e. The van der Waals surface area contributed by atoms with Crippen LogP contribution < -0.4 is 5.32 Å². The zero-order valence-corrected chi connectivity index (χ0v) is 11.6. The van der Waals surface area contributed by atoms with Crippen LogP contribution in [0.2, 0.25) is 0 Å². The summed E-state index contributed by atoms with van der Waals surface area (Å²) in [5.41, 5.74) is -1.32. The molecule has 110 valence electrons. The Hall–Kier alpha value is -1.85. The number of likely N-dealkylation sites (tertiary alicyclic amines) is 1. The number of carboxylic acids is 1. The van der Waals surface area contributed by atoms with Crippen LogP contribution in [0.25, 0.3) is 0 Å². The minimum absolute atomic E-state index is 0.00687. The number of carboxylic acid groups (broad SMARTS) is 1. The fourth-order valence-corrected chi connectivity index (χ4v) is 2.94. The normalized spacial score (nSPS) is 21.8. The summed E-state index contributed by atoms with van der Waals surface area (Å²) in [5.74, 6) is -1.45. The Labute approximate surface area is 117 Å². The number of aliphatic carboxylic acids is 1. The lowest BCUT2D eigenvalue weighted by Crippen LogP contribution is -2.51. The first-order chi connectivity index (χ1) is 9.51. The van der Waals surface area contributed by atoms with Crippen molar-refractivity contribution in [2.75, 3.05) is 20.1 Å². The number of rotatable bonds is 3. The van der Waals surface area contributed by atoms with Crippen molar-refractivity contribution in [2.24, 2.45) is 11.3 Å². The van der Waals surface area contributed by atoms with E-state index in [-0.39, 0.29) is 30.6 Å². The summed E-state index contributed by atoms with van der Waals surface area (Å²) in [5, 5.41) is 12.0. The van der Waals surface area contributed by atoms with Crippen molar-refractivity contribution in [3.05, 3.63) is 12.2 Å². The topological polar surface area (TPSA) is 86.7 Å². The van der Waals surface area contributed by atoms with Crippen LogP contribution in [0.4, 0.5) is 0 Å². The molecule has 6 heteroatoms. The summed E-state index contributed by atoms with van der Waals surface area (Å²) in [6, 6.07) is 0. The first-order valence-corrected chi connectivity index (χ1v) is 6.90. The van der Waals surface area contributed by atoms with E-state index in [4.69, 9.17) is 0 Å². The highest BCUT2D eigenvalue weighted by Crippen LogP contribution is 2.36. The molecule has 0 bridgehead atoms. The lowest BCUT2D eigenvalue weighted by atomic mass is 9.82. The molecule has 1 aliphatic carbocycles. The predicted molar refractivity (Wildman–Crippen MR) is 71.8 cm³/mol. The van der Waals surface area contributed by atoms with Gasteiger partial charge in [0.2, 0.25) is 11.8 Å². The van der Waals surface area contributed by atoms with Crippen molar-refractivity contribution < 1.29 is 19.5 Å². The van der Waals surface area contributed by atoms with Gasteiger partial charge < -0.3 is 15.3 Å². The number of carbonyl (C=O) groups is 3. The summed E-state index contributed by atoms with van der Waals surface area (Å²) >= 11 is 0. The molecule has 1 saturated heterocycles. The summed E-state index contributed by atoms with van der Waals surface area (Å²) < 4.78 is 0. The summed E-state index contributed by atoms with van der Waals surface area (Å²) in [7, 11) is 1.60. The zero-order valence-electron chi connectivity index (χ0n) is 11.6. The largest absolute Gasteiger partial charge is 0.480 e. The van der Waals surface area contributed by atoms with Crippen molar-refractivity contribution in [1.29, 1.82) is 0 Å². The Morgan fingerprint density at radius 3 is 2.20 bits per heavy atom. The minimum Gasteiger partial charge on any atom is -0.480 e. The smallest absolute Gasteiger partial charge is 0.319 e. The van der Waals surface area contributed by atoms with Gasteiger partial charge in [0.15, 0.2) is 5.41 Å². The third kappa shape index (κ3) is 2.42. The molecule has 0 spiro atoms. The van der Waals surface area contributed by atoms with Crippen LogP contribution in [-0.2, 0) is 14.4 Å². The molecule has 0 aromatic carbocycles. The Balaban J connectivity index is 2.01. The van der Waals surface area contributed by atoms with E-state index in [0.717, 1.165) is 0 Å². The molecule has 20 heavy (non-hydrogen) atoms. The number of hydrogen-bond donors (Lipinski definition) is 2. The summed E-state index contributed by atoms with van der Waals surface area (Å²) in [4.78, 5) is 37.1. The number of hydrogen-bond acceptors (Lipinski definition) is 3. The predicted octanol–water partition coefficient (Wildman–Crippen LogP) is 0.392. The number of amides is 2. The monoisotopic (exact) mass is 280 g/mol. The lowest BCUT2D eigenvalue weighted by molar-refractivity contribution is -0.161. The van der Waals surface area contributed by atoms with Gasteiger partial charge in [-0.1, -0.05) is 12.2 Å². The molecule has 0 aromatic rings. The Kier molecular flexibility index (Phi) is 4.11. The third-order valence-electron chi connectivity index (χ3n) is 4.32. The average Bonchev–Trinajstić information content (AvgIpc) is 2.96. The molecule has 0 radical (unpaired) electrons. The fourth-order valence-electron chi connectivity index (χ4n) is 2.94. The van der Waals surface area contributed by atoms with Gasteiger partial charge in [-0.15, -0.1) is 0 Å².